The minimum Gasteiger partial charge on any atom is -0.383 e. The van der Waals surface area contributed by atoms with E-state index in [1.807, 2.05) is 0 Å². The standard InChI is InChI=1S/C15H28BrNO2/c1-15(2,3)12-7-5-11(6-8-12)14(18)17-13(9-16)10-19-4/h11-13H,5-10H2,1-4H3,(H,17,18). The van der Waals surface area contributed by atoms with Crippen LogP contribution in [0.4, 0.5) is 0 Å². The topological polar surface area (TPSA) is 38.3 Å². The monoisotopic (exact) mass is 333 g/mol. The first-order valence-electron chi connectivity index (χ1n) is 7.23. The summed E-state index contributed by atoms with van der Waals surface area (Å²) in [6, 6.07) is 0.0813. The van der Waals surface area contributed by atoms with Gasteiger partial charge in [0.05, 0.1) is 12.6 Å². The minimum absolute atomic E-state index is 0.0813. The van der Waals surface area contributed by atoms with Crippen molar-refractivity contribution in [1.82, 2.24) is 5.32 Å². The molecule has 0 spiro atoms. The number of carbonyl (C=O) groups excluding carboxylic acids is 1. The normalized spacial score (nSPS) is 25.9. The van der Waals surface area contributed by atoms with Crippen LogP contribution in [0.25, 0.3) is 0 Å². The molecule has 0 radical (unpaired) electrons. The van der Waals surface area contributed by atoms with Gasteiger partial charge in [-0.3, -0.25) is 4.79 Å². The Morgan fingerprint density at radius 1 is 1.32 bits per heavy atom. The molecule has 1 N–H and O–H groups in total. The van der Waals surface area contributed by atoms with Crippen molar-refractivity contribution in [2.24, 2.45) is 17.3 Å². The largest absolute Gasteiger partial charge is 0.383 e. The summed E-state index contributed by atoms with van der Waals surface area (Å²) in [4.78, 5) is 12.2. The van der Waals surface area contributed by atoms with Gasteiger partial charge in [0.25, 0.3) is 0 Å². The lowest BCUT2D eigenvalue weighted by Crippen LogP contribution is -2.43. The first-order chi connectivity index (χ1) is 8.88. The van der Waals surface area contributed by atoms with Gasteiger partial charge in [-0.2, -0.15) is 0 Å². The zero-order valence-corrected chi connectivity index (χ0v) is 14.3. The fraction of sp³-hybridized carbons (Fsp3) is 0.933. The molecule has 0 aromatic heterocycles. The van der Waals surface area contributed by atoms with Crippen LogP contribution < -0.4 is 5.32 Å². The maximum absolute atomic E-state index is 12.2. The lowest BCUT2D eigenvalue weighted by Gasteiger charge is -2.36. The Bertz CT molecular complexity index is 280. The molecule has 4 heteroatoms. The second kappa shape index (κ2) is 7.63. The molecule has 1 fully saturated rings. The maximum atomic E-state index is 12.2. The molecular formula is C15H28BrNO2. The highest BCUT2D eigenvalue weighted by atomic mass is 79.9. The van der Waals surface area contributed by atoms with E-state index in [9.17, 15) is 4.79 Å². The molecule has 1 unspecified atom stereocenters. The Labute approximate surface area is 126 Å². The lowest BCUT2D eigenvalue weighted by atomic mass is 9.69. The number of nitrogens with one attached hydrogen (secondary N) is 1. The third-order valence-electron chi connectivity index (χ3n) is 4.22. The van der Waals surface area contributed by atoms with Crippen LogP contribution in [0.1, 0.15) is 46.5 Å². The molecule has 1 saturated carbocycles. The van der Waals surface area contributed by atoms with E-state index in [-0.39, 0.29) is 17.9 Å². The van der Waals surface area contributed by atoms with Crippen molar-refractivity contribution in [3.63, 3.8) is 0 Å². The summed E-state index contributed by atoms with van der Waals surface area (Å²) in [5, 5.41) is 3.82. The predicted octanol–water partition coefficient (Wildman–Crippen LogP) is 3.37. The number of carbonyl (C=O) groups is 1. The van der Waals surface area contributed by atoms with Crippen molar-refractivity contribution in [2.75, 3.05) is 19.0 Å². The van der Waals surface area contributed by atoms with Gasteiger partial charge in [0, 0.05) is 18.4 Å². The average Bonchev–Trinajstić information content (AvgIpc) is 2.37. The van der Waals surface area contributed by atoms with Gasteiger partial charge >= 0.3 is 0 Å². The number of ether oxygens (including phenoxy) is 1. The van der Waals surface area contributed by atoms with Crippen molar-refractivity contribution in [2.45, 2.75) is 52.5 Å². The van der Waals surface area contributed by atoms with Crippen LogP contribution in [0, 0.1) is 17.3 Å². The van der Waals surface area contributed by atoms with Crippen molar-refractivity contribution < 1.29 is 9.53 Å². The smallest absolute Gasteiger partial charge is 0.223 e. The van der Waals surface area contributed by atoms with Crippen LogP contribution in [0.15, 0.2) is 0 Å². The molecule has 1 aliphatic carbocycles. The fourth-order valence-corrected chi connectivity index (χ4v) is 3.22. The summed E-state index contributed by atoms with van der Waals surface area (Å²) in [6.07, 6.45) is 4.39. The van der Waals surface area contributed by atoms with Gasteiger partial charge in [0.15, 0.2) is 0 Å². The molecule has 1 atom stereocenters. The van der Waals surface area contributed by atoms with Crippen molar-refractivity contribution >= 4 is 21.8 Å². The number of hydrogen-bond acceptors (Lipinski definition) is 2. The molecule has 0 aromatic carbocycles. The van der Waals surface area contributed by atoms with Gasteiger partial charge in [0.2, 0.25) is 5.91 Å². The van der Waals surface area contributed by atoms with E-state index in [1.54, 1.807) is 7.11 Å². The highest BCUT2D eigenvalue weighted by Crippen LogP contribution is 2.39. The van der Waals surface area contributed by atoms with Crippen LogP contribution in [0.2, 0.25) is 0 Å². The molecule has 0 saturated heterocycles. The Morgan fingerprint density at radius 3 is 2.32 bits per heavy atom. The SMILES string of the molecule is COCC(CBr)NC(=O)C1CCC(C(C)(C)C)CC1. The van der Waals surface area contributed by atoms with Gasteiger partial charge in [-0.1, -0.05) is 36.7 Å². The number of halogens is 1. The van der Waals surface area contributed by atoms with Crippen LogP contribution in [0.3, 0.4) is 0 Å². The number of hydrogen-bond donors (Lipinski definition) is 1. The Morgan fingerprint density at radius 2 is 1.89 bits per heavy atom. The molecule has 0 aliphatic heterocycles. The Hall–Kier alpha value is -0.0900. The summed E-state index contributed by atoms with van der Waals surface area (Å²) < 4.78 is 5.10. The lowest BCUT2D eigenvalue weighted by molar-refractivity contribution is -0.127. The summed E-state index contributed by atoms with van der Waals surface area (Å²) in [5.74, 6) is 1.15. The molecule has 1 rings (SSSR count). The zero-order valence-electron chi connectivity index (χ0n) is 12.7. The summed E-state index contributed by atoms with van der Waals surface area (Å²) in [7, 11) is 1.66. The molecule has 112 valence electrons. The highest BCUT2D eigenvalue weighted by Gasteiger charge is 2.32. The number of methoxy groups -OCH3 is 1. The van der Waals surface area contributed by atoms with E-state index in [2.05, 4.69) is 42.0 Å². The van der Waals surface area contributed by atoms with Gasteiger partial charge in [-0.15, -0.1) is 0 Å². The van der Waals surface area contributed by atoms with Crippen LogP contribution in [0.5, 0.6) is 0 Å². The van der Waals surface area contributed by atoms with Crippen LogP contribution in [-0.4, -0.2) is 31.0 Å². The van der Waals surface area contributed by atoms with E-state index in [0.29, 0.717) is 12.0 Å². The third kappa shape index (κ3) is 5.42. The fourth-order valence-electron chi connectivity index (χ4n) is 2.87. The summed E-state index contributed by atoms with van der Waals surface area (Å²) in [6.45, 7) is 7.47. The summed E-state index contributed by atoms with van der Waals surface area (Å²) >= 11 is 3.41. The van der Waals surface area contributed by atoms with E-state index in [1.165, 1.54) is 12.8 Å². The Kier molecular flexibility index (Phi) is 6.81. The predicted molar refractivity (Wildman–Crippen MR) is 82.5 cm³/mol. The van der Waals surface area contributed by atoms with E-state index in [0.717, 1.165) is 24.1 Å². The van der Waals surface area contributed by atoms with E-state index < -0.39 is 0 Å². The van der Waals surface area contributed by atoms with Crippen molar-refractivity contribution in [1.29, 1.82) is 0 Å². The molecule has 0 heterocycles. The molecule has 1 amide bonds. The second-order valence-electron chi connectivity index (χ2n) is 6.73. The van der Waals surface area contributed by atoms with Gasteiger partial charge < -0.3 is 10.1 Å². The first-order valence-corrected chi connectivity index (χ1v) is 8.36. The molecule has 3 nitrogen and oxygen atoms in total. The van der Waals surface area contributed by atoms with Crippen molar-refractivity contribution in [3.8, 4) is 0 Å². The maximum Gasteiger partial charge on any atom is 0.223 e. The highest BCUT2D eigenvalue weighted by molar-refractivity contribution is 9.09. The second-order valence-corrected chi connectivity index (χ2v) is 7.38. The summed E-state index contributed by atoms with van der Waals surface area (Å²) in [5.41, 5.74) is 0.371. The third-order valence-corrected chi connectivity index (χ3v) is 5.00. The van der Waals surface area contributed by atoms with E-state index >= 15 is 0 Å². The van der Waals surface area contributed by atoms with Gasteiger partial charge in [-0.05, 0) is 37.0 Å². The van der Waals surface area contributed by atoms with Crippen LogP contribution >= 0.6 is 15.9 Å². The quantitative estimate of drug-likeness (QED) is 0.783. The van der Waals surface area contributed by atoms with Gasteiger partial charge in [0.1, 0.15) is 0 Å². The minimum atomic E-state index is 0.0813. The number of rotatable bonds is 5. The zero-order chi connectivity index (χ0) is 14.5. The molecule has 0 bridgehead atoms. The van der Waals surface area contributed by atoms with Crippen LogP contribution in [-0.2, 0) is 9.53 Å². The molecule has 19 heavy (non-hydrogen) atoms. The number of amides is 1. The number of alkyl halides is 1. The average molecular weight is 334 g/mol. The molecule has 0 aromatic rings. The first kappa shape index (κ1) is 17.0. The Balaban J connectivity index is 2.40. The van der Waals surface area contributed by atoms with Gasteiger partial charge in [-0.25, -0.2) is 0 Å². The molecular weight excluding hydrogens is 306 g/mol. The van der Waals surface area contributed by atoms with Crippen molar-refractivity contribution in [3.05, 3.63) is 0 Å². The van der Waals surface area contributed by atoms with E-state index in [4.69, 9.17) is 4.74 Å². The molecule has 1 aliphatic rings.